The maximum Gasteiger partial charge on any atom is 0.416 e. The summed E-state index contributed by atoms with van der Waals surface area (Å²) >= 11 is 0. The molecule has 1 saturated carbocycles. The number of alkyl halides is 3. The molecule has 2 rings (SSSR count). The van der Waals surface area contributed by atoms with Crippen molar-refractivity contribution in [3.63, 3.8) is 0 Å². The van der Waals surface area contributed by atoms with E-state index in [1.165, 1.54) is 12.1 Å². The van der Waals surface area contributed by atoms with Gasteiger partial charge in [0, 0.05) is 6.26 Å². The molecule has 0 N–H and O–H groups in total. The van der Waals surface area contributed by atoms with Gasteiger partial charge in [0.15, 0.2) is 9.84 Å². The summed E-state index contributed by atoms with van der Waals surface area (Å²) in [5, 5.41) is 0. The van der Waals surface area contributed by atoms with Crippen LogP contribution in [0.2, 0.25) is 0 Å². The van der Waals surface area contributed by atoms with Crippen LogP contribution in [0.25, 0.3) is 0 Å². The van der Waals surface area contributed by atoms with Crippen LogP contribution in [-0.2, 0) is 20.8 Å². The molecule has 136 valence electrons. The van der Waals surface area contributed by atoms with E-state index in [4.69, 9.17) is 4.74 Å². The van der Waals surface area contributed by atoms with E-state index >= 15 is 0 Å². The van der Waals surface area contributed by atoms with Crippen molar-refractivity contribution < 1.29 is 26.3 Å². The Kier molecular flexibility index (Phi) is 5.23. The van der Waals surface area contributed by atoms with Crippen LogP contribution in [0.3, 0.4) is 0 Å². The van der Waals surface area contributed by atoms with Gasteiger partial charge in [0.05, 0.1) is 16.9 Å². The van der Waals surface area contributed by atoms with E-state index in [0.717, 1.165) is 18.7 Å². The quantitative estimate of drug-likeness (QED) is 0.743. The van der Waals surface area contributed by atoms with Crippen LogP contribution in [0, 0.1) is 5.92 Å². The first-order valence-electron chi connectivity index (χ1n) is 8.01. The summed E-state index contributed by atoms with van der Waals surface area (Å²) in [7, 11) is -3.65. The van der Waals surface area contributed by atoms with Gasteiger partial charge in [-0.1, -0.05) is 19.9 Å². The highest BCUT2D eigenvalue weighted by Gasteiger charge is 2.51. The van der Waals surface area contributed by atoms with Crippen LogP contribution in [0.4, 0.5) is 13.2 Å². The Hall–Kier alpha value is -1.24. The molecule has 7 heteroatoms. The third kappa shape index (κ3) is 3.71. The van der Waals surface area contributed by atoms with Crippen LogP contribution >= 0.6 is 0 Å². The van der Waals surface area contributed by atoms with Crippen molar-refractivity contribution in [2.75, 3.05) is 12.9 Å². The Morgan fingerprint density at radius 3 is 2.29 bits per heavy atom. The molecular formula is C17H23F3O3S. The molecule has 0 radical (unpaired) electrons. The van der Waals surface area contributed by atoms with E-state index in [2.05, 4.69) is 0 Å². The molecule has 1 aliphatic carbocycles. The number of sulfone groups is 1. The van der Waals surface area contributed by atoms with Gasteiger partial charge in [0.2, 0.25) is 0 Å². The van der Waals surface area contributed by atoms with Gasteiger partial charge in [-0.05, 0) is 49.3 Å². The van der Waals surface area contributed by atoms with Crippen molar-refractivity contribution in [2.24, 2.45) is 5.92 Å². The maximum atomic E-state index is 13.5. The van der Waals surface area contributed by atoms with Crippen molar-refractivity contribution in [1.29, 1.82) is 0 Å². The predicted molar refractivity (Wildman–Crippen MR) is 86.8 cm³/mol. The highest BCUT2D eigenvalue weighted by atomic mass is 32.2. The van der Waals surface area contributed by atoms with E-state index in [1.54, 1.807) is 0 Å². The number of ether oxygens (including phenoxy) is 1. The number of benzene rings is 1. The van der Waals surface area contributed by atoms with Gasteiger partial charge in [-0.2, -0.15) is 13.2 Å². The number of hydrogen-bond acceptors (Lipinski definition) is 3. The number of halogens is 3. The van der Waals surface area contributed by atoms with Gasteiger partial charge in [-0.25, -0.2) is 8.42 Å². The van der Waals surface area contributed by atoms with Crippen LogP contribution < -0.4 is 4.74 Å². The monoisotopic (exact) mass is 364 g/mol. The lowest BCUT2D eigenvalue weighted by atomic mass is 9.77. The first-order chi connectivity index (χ1) is 11.0. The third-order valence-corrected chi connectivity index (χ3v) is 6.67. The minimum absolute atomic E-state index is 0.120. The molecule has 0 bridgehead atoms. The van der Waals surface area contributed by atoms with E-state index < -0.39 is 26.3 Å². The standard InChI is InChI=1S/C17H23F3O3S/c1-12(2)7-10-23-13-5-6-14(15(11-13)17(18,19)20)16(8-4-9-16)24(3,21)22/h5-6,11-12H,4,7-10H2,1-3H3. The molecule has 1 aliphatic rings. The van der Waals surface area contributed by atoms with E-state index in [9.17, 15) is 21.6 Å². The summed E-state index contributed by atoms with van der Waals surface area (Å²) in [5.74, 6) is 0.504. The third-order valence-electron chi connectivity index (χ3n) is 4.62. The smallest absolute Gasteiger partial charge is 0.416 e. The van der Waals surface area contributed by atoms with E-state index in [0.29, 0.717) is 18.9 Å². The predicted octanol–water partition coefficient (Wildman–Crippen LogP) is 4.55. The van der Waals surface area contributed by atoms with Gasteiger partial charge in [0.25, 0.3) is 0 Å². The van der Waals surface area contributed by atoms with Crippen molar-refractivity contribution in [1.82, 2.24) is 0 Å². The molecular weight excluding hydrogens is 341 g/mol. The molecule has 0 amide bonds. The fourth-order valence-electron chi connectivity index (χ4n) is 3.00. The zero-order valence-corrected chi connectivity index (χ0v) is 14.9. The molecule has 0 unspecified atom stereocenters. The second kappa shape index (κ2) is 6.58. The molecule has 0 atom stereocenters. The summed E-state index contributed by atoms with van der Waals surface area (Å²) < 4.78 is 68.8. The van der Waals surface area contributed by atoms with Crippen molar-refractivity contribution in [3.8, 4) is 5.75 Å². The van der Waals surface area contributed by atoms with Gasteiger partial charge in [0.1, 0.15) is 5.75 Å². The maximum absolute atomic E-state index is 13.5. The Labute approximate surface area is 141 Å². The van der Waals surface area contributed by atoms with Gasteiger partial charge < -0.3 is 4.74 Å². The fourth-order valence-corrected chi connectivity index (χ4v) is 4.60. The normalized spacial score (nSPS) is 17.6. The first-order valence-corrected chi connectivity index (χ1v) is 9.90. The first kappa shape index (κ1) is 19.1. The van der Waals surface area contributed by atoms with E-state index in [1.807, 2.05) is 13.8 Å². The lowest BCUT2D eigenvalue weighted by Gasteiger charge is -2.41. The van der Waals surface area contributed by atoms with Crippen LogP contribution in [-0.4, -0.2) is 21.3 Å². The molecule has 1 aromatic rings. The summed E-state index contributed by atoms with van der Waals surface area (Å²) in [6, 6.07) is 3.64. The van der Waals surface area contributed by atoms with Crippen LogP contribution in [0.5, 0.6) is 5.75 Å². The second-order valence-electron chi connectivity index (χ2n) is 6.86. The molecule has 3 nitrogen and oxygen atoms in total. The molecule has 0 aromatic heterocycles. The summed E-state index contributed by atoms with van der Waals surface area (Å²) in [5.41, 5.74) is -1.06. The highest BCUT2D eigenvalue weighted by Crippen LogP contribution is 2.51. The zero-order valence-electron chi connectivity index (χ0n) is 14.1. The van der Waals surface area contributed by atoms with Crippen LogP contribution in [0.15, 0.2) is 18.2 Å². The molecule has 1 fully saturated rings. The zero-order chi connectivity index (χ0) is 18.2. The SMILES string of the molecule is CC(C)CCOc1ccc(C2(S(C)(=O)=O)CCC2)c(C(F)(F)F)c1. The average Bonchev–Trinajstić information content (AvgIpc) is 2.35. The van der Waals surface area contributed by atoms with E-state index in [-0.39, 0.29) is 24.2 Å². The summed E-state index contributed by atoms with van der Waals surface area (Å²) in [6.07, 6.45) is -1.82. The summed E-state index contributed by atoms with van der Waals surface area (Å²) in [6.45, 7) is 4.33. The van der Waals surface area contributed by atoms with Gasteiger partial charge in [-0.3, -0.25) is 0 Å². The second-order valence-corrected chi connectivity index (χ2v) is 9.18. The van der Waals surface area contributed by atoms with Crippen molar-refractivity contribution in [2.45, 2.75) is 50.5 Å². The Balaban J connectivity index is 2.42. The van der Waals surface area contributed by atoms with Crippen molar-refractivity contribution in [3.05, 3.63) is 29.3 Å². The Morgan fingerprint density at radius 2 is 1.88 bits per heavy atom. The van der Waals surface area contributed by atoms with Crippen LogP contribution in [0.1, 0.15) is 50.7 Å². The molecule has 0 aliphatic heterocycles. The molecule has 1 aromatic carbocycles. The number of hydrogen-bond donors (Lipinski definition) is 0. The Morgan fingerprint density at radius 1 is 1.25 bits per heavy atom. The molecule has 0 heterocycles. The topological polar surface area (TPSA) is 43.4 Å². The molecule has 0 spiro atoms. The molecule has 0 saturated heterocycles. The largest absolute Gasteiger partial charge is 0.494 e. The highest BCUT2D eigenvalue weighted by molar-refractivity contribution is 7.91. The fraction of sp³-hybridized carbons (Fsp3) is 0.647. The average molecular weight is 364 g/mol. The minimum atomic E-state index is -4.62. The number of rotatable bonds is 6. The lowest BCUT2D eigenvalue weighted by Crippen LogP contribution is -2.43. The summed E-state index contributed by atoms with van der Waals surface area (Å²) in [4.78, 5) is 0. The van der Waals surface area contributed by atoms with Crippen molar-refractivity contribution >= 4 is 9.84 Å². The minimum Gasteiger partial charge on any atom is -0.494 e. The Bertz CT molecular complexity index is 690. The molecule has 24 heavy (non-hydrogen) atoms. The lowest BCUT2D eigenvalue weighted by molar-refractivity contribution is -0.138. The van der Waals surface area contributed by atoms with Gasteiger partial charge >= 0.3 is 6.18 Å². The van der Waals surface area contributed by atoms with Gasteiger partial charge in [-0.15, -0.1) is 0 Å².